The van der Waals surface area contributed by atoms with Crippen molar-refractivity contribution >= 4 is 22.8 Å². The predicted molar refractivity (Wildman–Crippen MR) is 73.6 cm³/mol. The largest absolute Gasteiger partial charge is 0.339 e. The van der Waals surface area contributed by atoms with E-state index in [1.54, 1.807) is 26.3 Å². The summed E-state index contributed by atoms with van der Waals surface area (Å²) in [7, 11) is 5.12. The summed E-state index contributed by atoms with van der Waals surface area (Å²) in [5.74, 6) is 1.81. The van der Waals surface area contributed by atoms with Crippen LogP contribution >= 0.6 is 11.8 Å². The first-order valence-electron chi connectivity index (χ1n) is 5.48. The van der Waals surface area contributed by atoms with Crippen molar-refractivity contribution in [1.82, 2.24) is 15.0 Å². The summed E-state index contributed by atoms with van der Waals surface area (Å²) in [6.45, 7) is 0. The van der Waals surface area contributed by atoms with E-state index in [1.165, 1.54) is 21.7 Å². The fraction of sp³-hybridized carbons (Fsp3) is 0.250. The lowest BCUT2D eigenvalue weighted by Gasteiger charge is -2.27. The van der Waals surface area contributed by atoms with Gasteiger partial charge in [0, 0.05) is 26.7 Å². The van der Waals surface area contributed by atoms with Crippen LogP contribution < -0.4 is 0 Å². The number of carbonyl (C=O) groups is 1. The fourth-order valence-electron chi connectivity index (χ4n) is 1.46. The monoisotopic (exact) mass is 263 g/mol. The number of hydrogen-bond acceptors (Lipinski definition) is 4. The Kier molecular flexibility index (Phi) is 3.76. The molecule has 0 aliphatic carbocycles. The van der Waals surface area contributed by atoms with Gasteiger partial charge in [0.25, 0.3) is 0 Å². The molecule has 0 spiro atoms. The molecule has 2 amide bonds. The Labute approximate surface area is 111 Å². The van der Waals surface area contributed by atoms with Crippen LogP contribution in [-0.4, -0.2) is 47.2 Å². The van der Waals surface area contributed by atoms with Crippen LogP contribution in [0.25, 0.3) is 0 Å². The molecule has 0 saturated carbocycles. The Morgan fingerprint density at radius 3 is 2.50 bits per heavy atom. The minimum atomic E-state index is -0.120. The fourth-order valence-corrected chi connectivity index (χ4v) is 2.24. The van der Waals surface area contributed by atoms with Gasteiger partial charge >= 0.3 is 6.03 Å². The molecule has 95 valence electrons. The maximum Gasteiger partial charge on any atom is 0.339 e. The average molecular weight is 263 g/mol. The summed E-state index contributed by atoms with van der Waals surface area (Å²) in [4.78, 5) is 13.3. The third kappa shape index (κ3) is 2.59. The average Bonchev–Trinajstić information content (AvgIpc) is 2.87. The summed E-state index contributed by atoms with van der Waals surface area (Å²) >= 11 is 1.50. The van der Waals surface area contributed by atoms with Crippen molar-refractivity contribution in [1.29, 1.82) is 0 Å². The molecule has 1 aliphatic rings. The predicted octanol–water partition coefficient (Wildman–Crippen LogP) is 2.04. The van der Waals surface area contributed by atoms with E-state index in [-0.39, 0.29) is 6.03 Å². The molecular formula is C12H15N4OS. The molecule has 1 aliphatic heterocycles. The maximum atomic E-state index is 11.8. The minimum Gasteiger partial charge on any atom is -0.329 e. The van der Waals surface area contributed by atoms with Crippen LogP contribution in [0.5, 0.6) is 0 Å². The lowest BCUT2D eigenvalue weighted by molar-refractivity contribution is 0.0652. The van der Waals surface area contributed by atoms with Crippen LogP contribution in [0.1, 0.15) is 5.56 Å². The normalized spacial score (nSPS) is 14.4. The van der Waals surface area contributed by atoms with Crippen LogP contribution in [0.3, 0.4) is 0 Å². The smallest absolute Gasteiger partial charge is 0.329 e. The standard InChI is InChI=1S/C12H15N4OS/c1-14(2)12(17)15(3)16-9-18-11(13-16)10-7-5-4-6-8-10/h4-9H,1-3H3. The number of nitrogens with zero attached hydrogens (tertiary/aromatic N) is 4. The summed E-state index contributed by atoms with van der Waals surface area (Å²) in [5.41, 5.74) is 1.05. The molecule has 1 heterocycles. The minimum absolute atomic E-state index is 0.120. The number of thioether (sulfide) groups is 1. The molecule has 6 heteroatoms. The summed E-state index contributed by atoms with van der Waals surface area (Å²) < 4.78 is 0. The lowest BCUT2D eigenvalue weighted by atomic mass is 10.2. The number of hydrogen-bond donors (Lipinski definition) is 0. The molecule has 0 fully saturated rings. The first kappa shape index (κ1) is 12.8. The van der Waals surface area contributed by atoms with Crippen LogP contribution in [0.15, 0.2) is 35.4 Å². The van der Waals surface area contributed by atoms with E-state index in [0.717, 1.165) is 10.6 Å². The Bertz CT molecular complexity index is 460. The third-order valence-corrected chi connectivity index (χ3v) is 3.27. The summed E-state index contributed by atoms with van der Waals surface area (Å²) in [5, 5.41) is 8.29. The van der Waals surface area contributed by atoms with Gasteiger partial charge in [0.1, 0.15) is 5.04 Å². The van der Waals surface area contributed by atoms with Crippen molar-refractivity contribution in [2.45, 2.75) is 0 Å². The van der Waals surface area contributed by atoms with Crippen LogP contribution in [0.4, 0.5) is 4.79 Å². The zero-order valence-electron chi connectivity index (χ0n) is 10.6. The highest BCUT2D eigenvalue weighted by molar-refractivity contribution is 8.16. The summed E-state index contributed by atoms with van der Waals surface area (Å²) in [6, 6.07) is 9.77. The SMILES string of the molecule is CN(C)C(=O)N(C)N1[CH]SC(c2ccccc2)=N1. The zero-order valence-corrected chi connectivity index (χ0v) is 11.4. The second-order valence-electron chi connectivity index (χ2n) is 4.02. The number of carbonyl (C=O) groups excluding carboxylic acids is 1. The molecule has 1 aromatic carbocycles. The van der Waals surface area contributed by atoms with E-state index in [0.29, 0.717) is 0 Å². The van der Waals surface area contributed by atoms with Crippen molar-refractivity contribution in [3.63, 3.8) is 0 Å². The molecule has 1 radical (unpaired) electrons. The van der Waals surface area contributed by atoms with Gasteiger partial charge < -0.3 is 4.90 Å². The first-order chi connectivity index (χ1) is 8.59. The van der Waals surface area contributed by atoms with Gasteiger partial charge in [-0.25, -0.2) is 9.80 Å². The highest BCUT2D eigenvalue weighted by atomic mass is 32.2. The Morgan fingerprint density at radius 2 is 1.89 bits per heavy atom. The quantitative estimate of drug-likeness (QED) is 0.819. The topological polar surface area (TPSA) is 39.2 Å². The highest BCUT2D eigenvalue weighted by Crippen LogP contribution is 2.27. The number of rotatable bonds is 2. The number of hydrazine groups is 1. The van der Waals surface area contributed by atoms with Gasteiger partial charge in [-0.1, -0.05) is 42.1 Å². The second kappa shape index (κ2) is 5.30. The molecule has 0 saturated heterocycles. The van der Waals surface area contributed by atoms with Gasteiger partial charge in [0.05, 0.1) is 0 Å². The van der Waals surface area contributed by atoms with Crippen LogP contribution in [0.2, 0.25) is 0 Å². The summed E-state index contributed by atoms with van der Waals surface area (Å²) in [6.07, 6.45) is 0. The molecule has 5 nitrogen and oxygen atoms in total. The maximum absolute atomic E-state index is 11.8. The number of urea groups is 1. The first-order valence-corrected chi connectivity index (χ1v) is 6.35. The van der Waals surface area contributed by atoms with E-state index >= 15 is 0 Å². The molecule has 1 aromatic rings. The van der Waals surface area contributed by atoms with Crippen LogP contribution in [0, 0.1) is 5.88 Å². The van der Waals surface area contributed by atoms with Gasteiger partial charge in [0.2, 0.25) is 0 Å². The molecule has 0 unspecified atom stereocenters. The van der Waals surface area contributed by atoms with Gasteiger partial charge in [-0.3, -0.25) is 0 Å². The van der Waals surface area contributed by atoms with E-state index in [2.05, 4.69) is 5.10 Å². The second-order valence-corrected chi connectivity index (χ2v) is 4.85. The van der Waals surface area contributed by atoms with Crippen LogP contribution in [-0.2, 0) is 0 Å². The molecule has 0 N–H and O–H groups in total. The molecule has 0 atom stereocenters. The van der Waals surface area contributed by atoms with E-state index < -0.39 is 0 Å². The van der Waals surface area contributed by atoms with E-state index in [9.17, 15) is 4.79 Å². The van der Waals surface area contributed by atoms with Crippen molar-refractivity contribution in [2.24, 2.45) is 5.10 Å². The van der Waals surface area contributed by atoms with Gasteiger partial charge in [0.15, 0.2) is 5.88 Å². The van der Waals surface area contributed by atoms with Gasteiger partial charge in [-0.15, -0.1) is 5.10 Å². The highest BCUT2D eigenvalue weighted by Gasteiger charge is 2.24. The van der Waals surface area contributed by atoms with E-state index in [1.807, 2.05) is 36.2 Å². The lowest BCUT2D eigenvalue weighted by Crippen LogP contribution is -2.43. The number of benzene rings is 1. The van der Waals surface area contributed by atoms with Crippen molar-refractivity contribution in [3.8, 4) is 0 Å². The van der Waals surface area contributed by atoms with Crippen molar-refractivity contribution in [2.75, 3.05) is 21.1 Å². The molecular weight excluding hydrogens is 248 g/mol. The van der Waals surface area contributed by atoms with Crippen molar-refractivity contribution in [3.05, 3.63) is 41.8 Å². The Balaban J connectivity index is 2.11. The number of hydrazone groups is 1. The Morgan fingerprint density at radius 1 is 1.22 bits per heavy atom. The van der Waals surface area contributed by atoms with Gasteiger partial charge in [-0.05, 0) is 0 Å². The van der Waals surface area contributed by atoms with Crippen molar-refractivity contribution < 1.29 is 4.79 Å². The van der Waals surface area contributed by atoms with E-state index in [4.69, 9.17) is 0 Å². The number of amides is 2. The molecule has 0 aromatic heterocycles. The van der Waals surface area contributed by atoms with Gasteiger partial charge in [-0.2, -0.15) is 5.12 Å². The molecule has 0 bridgehead atoms. The molecule has 2 rings (SSSR count). The Hall–Kier alpha value is -1.69. The molecule has 18 heavy (non-hydrogen) atoms. The third-order valence-electron chi connectivity index (χ3n) is 2.44. The zero-order chi connectivity index (χ0) is 13.1.